The van der Waals surface area contributed by atoms with Crippen LogP contribution in [0.2, 0.25) is 5.02 Å². The van der Waals surface area contributed by atoms with Gasteiger partial charge in [0.25, 0.3) is 5.56 Å². The van der Waals surface area contributed by atoms with E-state index in [9.17, 15) is 18.8 Å². The summed E-state index contributed by atoms with van der Waals surface area (Å²) in [5.41, 5.74) is 4.78. The van der Waals surface area contributed by atoms with Crippen LogP contribution >= 0.6 is 11.6 Å². The highest BCUT2D eigenvalue weighted by Crippen LogP contribution is 2.23. The van der Waals surface area contributed by atoms with Gasteiger partial charge in [-0.1, -0.05) is 50.8 Å². The van der Waals surface area contributed by atoms with E-state index in [1.54, 1.807) is 0 Å². The van der Waals surface area contributed by atoms with Gasteiger partial charge in [-0.3, -0.25) is 19.1 Å². The first kappa shape index (κ1) is 23.7. The molecule has 0 atom stereocenters. The summed E-state index contributed by atoms with van der Waals surface area (Å²) in [7, 11) is 0. The van der Waals surface area contributed by atoms with E-state index in [0.717, 1.165) is 19.3 Å². The number of aromatic nitrogens is 2. The summed E-state index contributed by atoms with van der Waals surface area (Å²) in [6.07, 6.45) is 3.54. The highest BCUT2D eigenvalue weighted by Gasteiger charge is 2.25. The van der Waals surface area contributed by atoms with Gasteiger partial charge in [0.15, 0.2) is 5.69 Å². The zero-order chi connectivity index (χ0) is 22.3. The standard InChI is InChI=1S/C21H28ClFN4O3/c1-3-5-7-12-26(17(28)13-14-15(22)9-8-10-16(14)23)18-19(24)27(11-6-4-2)21(30)25-20(18)29/h8-10H,3-7,11-13,24H2,1-2H3,(H,25,29,30). The summed E-state index contributed by atoms with van der Waals surface area (Å²) in [5.74, 6) is -1.18. The molecule has 164 valence electrons. The fourth-order valence-corrected chi connectivity index (χ4v) is 3.44. The Balaban J connectivity index is 2.49. The molecule has 30 heavy (non-hydrogen) atoms. The van der Waals surface area contributed by atoms with Gasteiger partial charge in [0.05, 0.1) is 6.42 Å². The molecule has 1 aromatic carbocycles. The Morgan fingerprint density at radius 3 is 2.53 bits per heavy atom. The van der Waals surface area contributed by atoms with Gasteiger partial charge < -0.3 is 10.6 Å². The van der Waals surface area contributed by atoms with E-state index in [-0.39, 0.29) is 35.1 Å². The molecule has 0 unspecified atom stereocenters. The van der Waals surface area contributed by atoms with Crippen molar-refractivity contribution in [1.29, 1.82) is 0 Å². The number of hydrogen-bond donors (Lipinski definition) is 2. The summed E-state index contributed by atoms with van der Waals surface area (Å²) in [6, 6.07) is 4.18. The number of benzene rings is 1. The van der Waals surface area contributed by atoms with E-state index in [1.165, 1.54) is 27.7 Å². The predicted octanol–water partition coefficient (Wildman–Crippen LogP) is 3.48. The van der Waals surface area contributed by atoms with Crippen LogP contribution in [-0.2, 0) is 17.8 Å². The maximum absolute atomic E-state index is 14.2. The van der Waals surface area contributed by atoms with Gasteiger partial charge in [-0.05, 0) is 25.0 Å². The number of hydrogen-bond acceptors (Lipinski definition) is 4. The number of halogens is 2. The molecule has 7 nitrogen and oxygen atoms in total. The number of rotatable bonds is 10. The van der Waals surface area contributed by atoms with Gasteiger partial charge in [0.2, 0.25) is 5.91 Å². The molecule has 0 spiro atoms. The molecule has 2 rings (SSSR count). The molecule has 9 heteroatoms. The number of nitrogens with zero attached hydrogens (tertiary/aromatic N) is 2. The van der Waals surface area contributed by atoms with E-state index in [0.29, 0.717) is 19.4 Å². The Hall–Kier alpha value is -2.61. The van der Waals surface area contributed by atoms with Crippen LogP contribution in [0.4, 0.5) is 15.9 Å². The predicted molar refractivity (Wildman–Crippen MR) is 118 cm³/mol. The van der Waals surface area contributed by atoms with Gasteiger partial charge in [-0.15, -0.1) is 0 Å². The Morgan fingerprint density at radius 1 is 1.20 bits per heavy atom. The third-order valence-corrected chi connectivity index (χ3v) is 5.25. The van der Waals surface area contributed by atoms with Crippen LogP contribution in [0.25, 0.3) is 0 Å². The lowest BCUT2D eigenvalue weighted by atomic mass is 10.1. The summed E-state index contributed by atoms with van der Waals surface area (Å²) < 4.78 is 15.5. The van der Waals surface area contributed by atoms with Crippen LogP contribution < -0.4 is 21.9 Å². The maximum atomic E-state index is 14.2. The molecule has 0 aliphatic carbocycles. The van der Waals surface area contributed by atoms with Crippen LogP contribution in [0.1, 0.15) is 51.5 Å². The first-order valence-electron chi connectivity index (χ1n) is 10.2. The molecule has 2 aromatic rings. The molecule has 1 amide bonds. The Bertz CT molecular complexity index is 982. The van der Waals surface area contributed by atoms with Crippen LogP contribution in [0.3, 0.4) is 0 Å². The van der Waals surface area contributed by atoms with Gasteiger partial charge in [0.1, 0.15) is 11.6 Å². The number of H-pyrrole nitrogens is 1. The number of aromatic amines is 1. The van der Waals surface area contributed by atoms with Crippen LogP contribution in [0.5, 0.6) is 0 Å². The van der Waals surface area contributed by atoms with Crippen LogP contribution in [-0.4, -0.2) is 22.0 Å². The number of amides is 1. The largest absolute Gasteiger partial charge is 0.383 e. The van der Waals surface area contributed by atoms with Gasteiger partial charge in [0, 0.05) is 23.7 Å². The van der Waals surface area contributed by atoms with E-state index < -0.39 is 23.0 Å². The highest BCUT2D eigenvalue weighted by atomic mass is 35.5. The number of nitrogens with two attached hydrogens (primary N) is 1. The Morgan fingerprint density at radius 2 is 1.90 bits per heavy atom. The third-order valence-electron chi connectivity index (χ3n) is 4.90. The molecule has 0 aliphatic heterocycles. The molecule has 0 radical (unpaired) electrons. The third kappa shape index (κ3) is 5.50. The average Bonchev–Trinajstić information content (AvgIpc) is 2.69. The van der Waals surface area contributed by atoms with Crippen LogP contribution in [0.15, 0.2) is 27.8 Å². The zero-order valence-corrected chi connectivity index (χ0v) is 18.1. The first-order chi connectivity index (χ1) is 14.3. The average molecular weight is 439 g/mol. The number of unbranched alkanes of at least 4 members (excludes halogenated alkanes) is 3. The minimum Gasteiger partial charge on any atom is -0.383 e. The van der Waals surface area contributed by atoms with Crippen molar-refractivity contribution in [1.82, 2.24) is 9.55 Å². The molecular weight excluding hydrogens is 411 g/mol. The zero-order valence-electron chi connectivity index (χ0n) is 17.3. The summed E-state index contributed by atoms with van der Waals surface area (Å²) in [6.45, 7) is 4.52. The van der Waals surface area contributed by atoms with E-state index in [1.807, 2.05) is 13.8 Å². The molecule has 3 N–H and O–H groups in total. The van der Waals surface area contributed by atoms with Gasteiger partial charge in [-0.2, -0.15) is 0 Å². The normalized spacial score (nSPS) is 10.9. The van der Waals surface area contributed by atoms with Crippen molar-refractivity contribution in [3.8, 4) is 0 Å². The molecule has 0 bridgehead atoms. The van der Waals surface area contributed by atoms with Gasteiger partial charge in [-0.25, -0.2) is 9.18 Å². The van der Waals surface area contributed by atoms with Crippen molar-refractivity contribution in [2.24, 2.45) is 0 Å². The summed E-state index contributed by atoms with van der Waals surface area (Å²) in [4.78, 5) is 41.4. The lowest BCUT2D eigenvalue weighted by Crippen LogP contribution is -2.42. The maximum Gasteiger partial charge on any atom is 0.330 e. The second-order valence-corrected chi connectivity index (χ2v) is 7.53. The van der Waals surface area contributed by atoms with Crippen molar-refractivity contribution in [3.05, 3.63) is 55.4 Å². The molecule has 0 saturated carbocycles. The number of nitrogen functional groups attached to an aromatic ring is 1. The van der Waals surface area contributed by atoms with Crippen molar-refractivity contribution in [3.63, 3.8) is 0 Å². The summed E-state index contributed by atoms with van der Waals surface area (Å²) in [5, 5.41) is 0.131. The molecular formula is C21H28ClFN4O3. The molecule has 0 aliphatic rings. The minimum atomic E-state index is -0.741. The number of carbonyl (C=O) groups is 1. The number of carbonyl (C=O) groups excluding carboxylic acids is 1. The molecule has 1 heterocycles. The Kier molecular flexibility index (Phi) is 8.65. The highest BCUT2D eigenvalue weighted by molar-refractivity contribution is 6.31. The van der Waals surface area contributed by atoms with Crippen molar-refractivity contribution < 1.29 is 9.18 Å². The fraction of sp³-hybridized carbons (Fsp3) is 0.476. The van der Waals surface area contributed by atoms with Crippen LogP contribution in [0, 0.1) is 5.82 Å². The van der Waals surface area contributed by atoms with Crippen molar-refractivity contribution >= 4 is 29.0 Å². The lowest BCUT2D eigenvalue weighted by Gasteiger charge is -2.25. The lowest BCUT2D eigenvalue weighted by molar-refractivity contribution is -0.118. The van der Waals surface area contributed by atoms with Crippen molar-refractivity contribution in [2.75, 3.05) is 17.2 Å². The Labute approximate surface area is 179 Å². The topological polar surface area (TPSA) is 101 Å². The van der Waals surface area contributed by atoms with Crippen molar-refractivity contribution in [2.45, 2.75) is 58.9 Å². The minimum absolute atomic E-state index is 0.0546. The number of nitrogens with one attached hydrogen (secondary N) is 1. The summed E-state index contributed by atoms with van der Waals surface area (Å²) >= 11 is 6.07. The molecule has 0 fully saturated rings. The fourth-order valence-electron chi connectivity index (χ4n) is 3.21. The van der Waals surface area contributed by atoms with Gasteiger partial charge >= 0.3 is 5.69 Å². The van der Waals surface area contributed by atoms with E-state index >= 15 is 0 Å². The number of anilines is 2. The second kappa shape index (κ2) is 11.0. The smallest absolute Gasteiger partial charge is 0.330 e. The second-order valence-electron chi connectivity index (χ2n) is 7.13. The van der Waals surface area contributed by atoms with E-state index in [2.05, 4.69) is 4.98 Å². The molecule has 1 aromatic heterocycles. The van der Waals surface area contributed by atoms with E-state index in [4.69, 9.17) is 17.3 Å². The first-order valence-corrected chi connectivity index (χ1v) is 10.5. The monoisotopic (exact) mass is 438 g/mol. The quantitative estimate of drug-likeness (QED) is 0.554. The molecule has 0 saturated heterocycles. The SMILES string of the molecule is CCCCCN(C(=O)Cc1c(F)cccc1Cl)c1c(N)n(CCCC)c(=O)[nH]c1=O.